The molecular weight excluding hydrogens is 420 g/mol. The Hall–Kier alpha value is -2.83. The second-order valence-electron chi connectivity index (χ2n) is 7.09. The number of benzene rings is 2. The van der Waals surface area contributed by atoms with E-state index in [1.807, 2.05) is 48.5 Å². The second-order valence-corrected chi connectivity index (χ2v) is 9.27. The fraction of sp³-hybridized carbons (Fsp3) is 0.174. The molecule has 5 nitrogen and oxygen atoms in total. The van der Waals surface area contributed by atoms with Crippen molar-refractivity contribution in [2.24, 2.45) is 0 Å². The van der Waals surface area contributed by atoms with Crippen LogP contribution in [0.3, 0.4) is 0 Å². The Bertz CT molecular complexity index is 1250. The number of nitrogens with one attached hydrogen (secondary N) is 1. The Balaban J connectivity index is 1.99. The van der Waals surface area contributed by atoms with Crippen LogP contribution in [0.25, 0.3) is 11.1 Å². The van der Waals surface area contributed by atoms with Crippen LogP contribution in [0, 0.1) is 0 Å². The first-order valence-electron chi connectivity index (χ1n) is 9.54. The smallest absolute Gasteiger partial charge is 0.229 e. The predicted octanol–water partition coefficient (Wildman–Crippen LogP) is 5.37. The van der Waals surface area contributed by atoms with E-state index < -0.39 is 10.0 Å². The Morgan fingerprint density at radius 2 is 1.97 bits per heavy atom. The third-order valence-electron chi connectivity index (χ3n) is 4.91. The van der Waals surface area contributed by atoms with Crippen LogP contribution in [0.4, 0.5) is 5.69 Å². The highest BCUT2D eigenvalue weighted by Gasteiger charge is 2.23. The van der Waals surface area contributed by atoms with Gasteiger partial charge in [-0.15, -0.1) is 0 Å². The Labute approximate surface area is 181 Å². The first-order valence-corrected chi connectivity index (χ1v) is 11.8. The first kappa shape index (κ1) is 20.4. The summed E-state index contributed by atoms with van der Waals surface area (Å²) in [6, 6.07) is 17.0. The number of pyridine rings is 1. The molecule has 3 aromatic rings. The summed E-state index contributed by atoms with van der Waals surface area (Å²) in [6.07, 6.45) is 3.63. The van der Waals surface area contributed by atoms with Crippen molar-refractivity contribution in [3.63, 3.8) is 0 Å². The number of fused-ring (bicyclic) bond motifs is 2. The number of nitrogens with zero attached hydrogens (tertiary/aromatic N) is 1. The van der Waals surface area contributed by atoms with Gasteiger partial charge in [-0.3, -0.25) is 9.71 Å². The number of aromatic nitrogens is 1. The Morgan fingerprint density at radius 1 is 1.13 bits per heavy atom. The van der Waals surface area contributed by atoms with Crippen LogP contribution >= 0.6 is 11.6 Å². The second kappa shape index (κ2) is 8.13. The molecule has 0 aliphatic carbocycles. The normalized spacial score (nSPS) is 14.8. The fourth-order valence-corrected chi connectivity index (χ4v) is 4.45. The summed E-state index contributed by atoms with van der Waals surface area (Å²) < 4.78 is 32.0. The van der Waals surface area contributed by atoms with E-state index in [4.69, 9.17) is 16.3 Å². The summed E-state index contributed by atoms with van der Waals surface area (Å²) in [7, 11) is -3.37. The molecule has 7 heteroatoms. The number of halogens is 1. The van der Waals surface area contributed by atoms with Crippen LogP contribution in [0.2, 0.25) is 5.02 Å². The molecule has 1 aliphatic heterocycles. The van der Waals surface area contributed by atoms with Crippen LogP contribution in [0.5, 0.6) is 5.75 Å². The number of allylic oxidation sites excluding steroid dienone is 1. The lowest BCUT2D eigenvalue weighted by atomic mass is 9.87. The summed E-state index contributed by atoms with van der Waals surface area (Å²) in [5, 5.41) is 0.601. The summed E-state index contributed by atoms with van der Waals surface area (Å²) in [5.41, 5.74) is 6.31. The fourth-order valence-electron chi connectivity index (χ4n) is 3.73. The zero-order valence-corrected chi connectivity index (χ0v) is 18.2. The van der Waals surface area contributed by atoms with Gasteiger partial charge in [0.15, 0.2) is 0 Å². The third kappa shape index (κ3) is 4.20. The highest BCUT2D eigenvalue weighted by atomic mass is 35.5. The van der Waals surface area contributed by atoms with Gasteiger partial charge in [0.2, 0.25) is 10.0 Å². The maximum atomic E-state index is 11.7. The van der Waals surface area contributed by atoms with Crippen LogP contribution in [-0.4, -0.2) is 19.7 Å². The molecule has 0 unspecified atom stereocenters. The average Bonchev–Trinajstić information content (AvgIpc) is 2.85. The molecule has 0 amide bonds. The zero-order valence-electron chi connectivity index (χ0n) is 16.6. The number of sulfonamides is 1. The van der Waals surface area contributed by atoms with Crippen LogP contribution in [-0.2, 0) is 16.6 Å². The molecule has 0 fully saturated rings. The minimum atomic E-state index is -3.37. The Morgan fingerprint density at radius 3 is 2.73 bits per heavy atom. The van der Waals surface area contributed by atoms with Crippen molar-refractivity contribution in [1.82, 2.24) is 4.98 Å². The first-order chi connectivity index (χ1) is 14.4. The minimum Gasteiger partial charge on any atom is -0.487 e. The van der Waals surface area contributed by atoms with E-state index in [1.165, 1.54) is 0 Å². The summed E-state index contributed by atoms with van der Waals surface area (Å²) >= 11 is 6.22. The van der Waals surface area contributed by atoms with Crippen molar-refractivity contribution in [3.8, 4) is 5.75 Å². The van der Waals surface area contributed by atoms with Crippen molar-refractivity contribution >= 4 is 38.5 Å². The van der Waals surface area contributed by atoms with E-state index >= 15 is 0 Å². The van der Waals surface area contributed by atoms with Crippen molar-refractivity contribution in [2.45, 2.75) is 20.0 Å². The average molecular weight is 441 g/mol. The highest BCUT2D eigenvalue weighted by Crippen LogP contribution is 2.42. The van der Waals surface area contributed by atoms with Gasteiger partial charge in [-0.1, -0.05) is 36.7 Å². The monoisotopic (exact) mass is 440 g/mol. The van der Waals surface area contributed by atoms with Gasteiger partial charge in [-0.05, 0) is 59.5 Å². The van der Waals surface area contributed by atoms with Crippen molar-refractivity contribution in [2.75, 3.05) is 11.0 Å². The quantitative estimate of drug-likeness (QED) is 0.592. The van der Waals surface area contributed by atoms with E-state index in [0.717, 1.165) is 46.2 Å². The maximum absolute atomic E-state index is 11.7. The molecule has 0 saturated heterocycles. The number of anilines is 1. The molecular formula is C23H21ClN2O3S. The molecule has 30 heavy (non-hydrogen) atoms. The number of ether oxygens (including phenoxy) is 1. The predicted molar refractivity (Wildman–Crippen MR) is 121 cm³/mol. The van der Waals surface area contributed by atoms with Crippen molar-refractivity contribution < 1.29 is 13.2 Å². The standard InChI is InChI=1S/C23H21ClN2O3S/c1-3-18(15-6-4-7-17(12-15)26-30(2,27)28)23-19-8-5-11-25-21(19)14-29-22-13-16(24)9-10-20(22)23/h4-13,26H,3,14H2,1-2H3. The topological polar surface area (TPSA) is 68.3 Å². The molecule has 0 radical (unpaired) electrons. The molecule has 1 N–H and O–H groups in total. The van der Waals surface area contributed by atoms with Gasteiger partial charge in [0, 0.05) is 28.0 Å². The summed E-state index contributed by atoms with van der Waals surface area (Å²) in [5.74, 6) is 0.701. The van der Waals surface area contributed by atoms with Crippen LogP contribution in [0.1, 0.15) is 35.7 Å². The van der Waals surface area contributed by atoms with Gasteiger partial charge >= 0.3 is 0 Å². The van der Waals surface area contributed by atoms with Gasteiger partial charge in [-0.2, -0.15) is 0 Å². The van der Waals surface area contributed by atoms with Crippen molar-refractivity contribution in [3.05, 3.63) is 88.2 Å². The molecule has 0 bridgehead atoms. The molecule has 154 valence electrons. The van der Waals surface area contributed by atoms with E-state index in [9.17, 15) is 8.42 Å². The highest BCUT2D eigenvalue weighted by molar-refractivity contribution is 7.92. The van der Waals surface area contributed by atoms with Crippen LogP contribution in [0.15, 0.2) is 60.8 Å². The van der Waals surface area contributed by atoms with Crippen molar-refractivity contribution in [1.29, 1.82) is 0 Å². The largest absolute Gasteiger partial charge is 0.487 e. The SMILES string of the molecule is CCC(=C1c2ccc(Cl)cc2OCc2ncccc21)c1cccc(NS(C)(=O)=O)c1. The number of rotatable bonds is 4. The minimum absolute atomic E-state index is 0.347. The molecule has 2 heterocycles. The molecule has 0 spiro atoms. The summed E-state index contributed by atoms with van der Waals surface area (Å²) in [6.45, 7) is 2.43. The van der Waals surface area contributed by atoms with Crippen LogP contribution < -0.4 is 9.46 Å². The summed E-state index contributed by atoms with van der Waals surface area (Å²) in [4.78, 5) is 4.53. The lowest BCUT2D eigenvalue weighted by Gasteiger charge is -2.17. The van der Waals surface area contributed by atoms with E-state index in [1.54, 1.807) is 12.3 Å². The molecule has 4 rings (SSSR count). The number of hydrogen-bond acceptors (Lipinski definition) is 4. The number of hydrogen-bond donors (Lipinski definition) is 1. The van der Waals surface area contributed by atoms with Gasteiger partial charge in [0.25, 0.3) is 0 Å². The van der Waals surface area contributed by atoms with Gasteiger partial charge in [0.1, 0.15) is 12.4 Å². The maximum Gasteiger partial charge on any atom is 0.229 e. The van der Waals surface area contributed by atoms with Gasteiger partial charge < -0.3 is 4.74 Å². The molecule has 1 aromatic heterocycles. The molecule has 2 aromatic carbocycles. The third-order valence-corrected chi connectivity index (χ3v) is 5.75. The van der Waals surface area contributed by atoms with E-state index in [-0.39, 0.29) is 0 Å². The molecule has 1 aliphatic rings. The molecule has 0 saturated carbocycles. The lowest BCUT2D eigenvalue weighted by Crippen LogP contribution is -2.09. The van der Waals surface area contributed by atoms with Gasteiger partial charge in [0.05, 0.1) is 11.9 Å². The zero-order chi connectivity index (χ0) is 21.3. The molecule has 0 atom stereocenters. The lowest BCUT2D eigenvalue weighted by molar-refractivity contribution is 0.302. The van der Waals surface area contributed by atoms with Gasteiger partial charge in [-0.25, -0.2) is 8.42 Å². The van der Waals surface area contributed by atoms with E-state index in [2.05, 4.69) is 16.6 Å². The Kier molecular flexibility index (Phi) is 5.54. The van der Waals surface area contributed by atoms with E-state index in [0.29, 0.717) is 23.1 Å².